The molecule has 0 aliphatic heterocycles. The highest BCUT2D eigenvalue weighted by Gasteiger charge is 2.12. The summed E-state index contributed by atoms with van der Waals surface area (Å²) in [6.07, 6.45) is 1.01. The molecule has 1 N–H and O–H groups in total. The van der Waals surface area contributed by atoms with Gasteiger partial charge in [0.05, 0.1) is 15.2 Å². The van der Waals surface area contributed by atoms with Crippen molar-refractivity contribution >= 4 is 21.6 Å². The molecule has 4 heteroatoms. The van der Waals surface area contributed by atoms with Crippen LogP contribution in [0.3, 0.4) is 0 Å². The van der Waals surface area contributed by atoms with Crippen LogP contribution in [0.1, 0.15) is 11.9 Å². The fourth-order valence-electron chi connectivity index (χ4n) is 2.15. The van der Waals surface area contributed by atoms with E-state index in [1.54, 1.807) is 0 Å². The Labute approximate surface area is 113 Å². The Bertz CT molecular complexity index is 459. The third kappa shape index (κ3) is 3.51. The van der Waals surface area contributed by atoms with E-state index in [-0.39, 0.29) is 0 Å². The fourth-order valence-corrected chi connectivity index (χ4v) is 3.20. The summed E-state index contributed by atoms with van der Waals surface area (Å²) in [5.74, 6) is 0. The van der Waals surface area contributed by atoms with Crippen molar-refractivity contribution in [2.45, 2.75) is 19.4 Å². The van der Waals surface area contributed by atoms with Crippen LogP contribution in [0.2, 0.25) is 0 Å². The van der Waals surface area contributed by atoms with Gasteiger partial charge in [0.25, 0.3) is 0 Å². The van der Waals surface area contributed by atoms with Gasteiger partial charge in [0, 0.05) is 19.0 Å². The van der Waals surface area contributed by atoms with E-state index in [4.69, 9.17) is 4.98 Å². The van der Waals surface area contributed by atoms with Crippen LogP contribution < -0.4 is 5.32 Å². The Morgan fingerprint density at radius 2 is 2.11 bits per heavy atom. The molecule has 0 amide bonds. The first-order valence-electron chi connectivity index (χ1n) is 6.41. The number of rotatable bonds is 6. The molecule has 0 saturated carbocycles. The number of nitrogens with one attached hydrogen (secondary N) is 1. The molecule has 1 atom stereocenters. The summed E-state index contributed by atoms with van der Waals surface area (Å²) in [5.41, 5.74) is 1.12. The Morgan fingerprint density at radius 1 is 1.33 bits per heavy atom. The summed E-state index contributed by atoms with van der Waals surface area (Å²) in [5, 5.41) is 4.76. The van der Waals surface area contributed by atoms with Crippen molar-refractivity contribution in [1.29, 1.82) is 0 Å². The monoisotopic (exact) mass is 263 g/mol. The van der Waals surface area contributed by atoms with Crippen LogP contribution in [0.25, 0.3) is 10.2 Å². The maximum absolute atomic E-state index is 4.70. The molecule has 2 rings (SSSR count). The van der Waals surface area contributed by atoms with Gasteiger partial charge in [-0.25, -0.2) is 4.98 Å². The van der Waals surface area contributed by atoms with Gasteiger partial charge in [-0.1, -0.05) is 19.1 Å². The Morgan fingerprint density at radius 3 is 2.78 bits per heavy atom. The molecule has 1 unspecified atom stereocenters. The maximum atomic E-state index is 4.70. The lowest BCUT2D eigenvalue weighted by Gasteiger charge is -2.20. The number of thiazole rings is 1. The van der Waals surface area contributed by atoms with Crippen LogP contribution in [0.4, 0.5) is 0 Å². The highest BCUT2D eigenvalue weighted by Crippen LogP contribution is 2.22. The van der Waals surface area contributed by atoms with E-state index in [1.165, 1.54) is 9.71 Å². The van der Waals surface area contributed by atoms with Gasteiger partial charge in [-0.05, 0) is 32.8 Å². The summed E-state index contributed by atoms with van der Waals surface area (Å²) in [4.78, 5) is 6.92. The number of aromatic nitrogens is 1. The molecule has 0 saturated heterocycles. The van der Waals surface area contributed by atoms with Gasteiger partial charge in [-0.3, -0.25) is 0 Å². The lowest BCUT2D eigenvalue weighted by molar-refractivity contribution is 0.339. The molecule has 0 bridgehead atoms. The molecule has 1 aromatic carbocycles. The average molecular weight is 263 g/mol. The van der Waals surface area contributed by atoms with Gasteiger partial charge in [-0.15, -0.1) is 11.3 Å². The zero-order chi connectivity index (χ0) is 13.0. The molecule has 0 aliphatic carbocycles. The molecule has 0 spiro atoms. The summed E-state index contributed by atoms with van der Waals surface area (Å²) in [7, 11) is 4.23. The van der Waals surface area contributed by atoms with Gasteiger partial charge >= 0.3 is 0 Å². The summed E-state index contributed by atoms with van der Waals surface area (Å²) >= 11 is 1.81. The number of nitrogens with zero attached hydrogens (tertiary/aromatic N) is 2. The van der Waals surface area contributed by atoms with E-state index in [0.717, 1.165) is 25.0 Å². The molecule has 1 aromatic heterocycles. The number of fused-ring (bicyclic) bond motifs is 1. The average Bonchev–Trinajstić information content (AvgIpc) is 2.70. The second kappa shape index (κ2) is 6.27. The third-order valence-electron chi connectivity index (χ3n) is 2.84. The largest absolute Gasteiger partial charge is 0.313 e. The van der Waals surface area contributed by atoms with Gasteiger partial charge < -0.3 is 10.2 Å². The quantitative estimate of drug-likeness (QED) is 0.867. The number of hydrogen-bond donors (Lipinski definition) is 1. The highest BCUT2D eigenvalue weighted by atomic mass is 32.1. The lowest BCUT2D eigenvalue weighted by Crippen LogP contribution is -2.39. The van der Waals surface area contributed by atoms with Gasteiger partial charge in [0.2, 0.25) is 0 Å². The van der Waals surface area contributed by atoms with Crippen molar-refractivity contribution in [2.24, 2.45) is 0 Å². The molecule has 1 heterocycles. The second-order valence-corrected chi connectivity index (χ2v) is 5.91. The number of hydrogen-bond acceptors (Lipinski definition) is 4. The predicted octanol–water partition coefficient (Wildman–Crippen LogP) is 2.38. The summed E-state index contributed by atoms with van der Waals surface area (Å²) < 4.78 is 1.28. The zero-order valence-electron chi connectivity index (χ0n) is 11.3. The van der Waals surface area contributed by atoms with Crippen LogP contribution in [0, 0.1) is 0 Å². The van der Waals surface area contributed by atoms with Crippen LogP contribution >= 0.6 is 11.3 Å². The first-order valence-corrected chi connectivity index (χ1v) is 7.23. The van der Waals surface area contributed by atoms with E-state index >= 15 is 0 Å². The van der Waals surface area contributed by atoms with Gasteiger partial charge in [-0.2, -0.15) is 0 Å². The minimum atomic E-state index is 0.477. The first-order chi connectivity index (χ1) is 8.69. The van der Waals surface area contributed by atoms with Crippen molar-refractivity contribution < 1.29 is 0 Å². The molecular formula is C14H21N3S. The Hall–Kier alpha value is -0.970. The van der Waals surface area contributed by atoms with E-state index in [2.05, 4.69) is 49.4 Å². The Balaban J connectivity index is 2.09. The molecule has 18 heavy (non-hydrogen) atoms. The summed E-state index contributed by atoms with van der Waals surface area (Å²) in [6, 6.07) is 8.83. The topological polar surface area (TPSA) is 28.2 Å². The van der Waals surface area contributed by atoms with E-state index in [1.807, 2.05) is 17.4 Å². The molecule has 3 nitrogen and oxygen atoms in total. The standard InChI is InChI=1S/C14H21N3S/c1-4-15-11(10-17(2)3)9-14-16-12-7-5-6-8-13(12)18-14/h5-8,11,15H,4,9-10H2,1-3H3. The van der Waals surface area contributed by atoms with Crippen molar-refractivity contribution in [3.05, 3.63) is 29.3 Å². The lowest BCUT2D eigenvalue weighted by atomic mass is 10.2. The maximum Gasteiger partial charge on any atom is 0.0954 e. The fraction of sp³-hybridized carbons (Fsp3) is 0.500. The van der Waals surface area contributed by atoms with Gasteiger partial charge in [0.1, 0.15) is 0 Å². The van der Waals surface area contributed by atoms with Crippen LogP contribution in [0.15, 0.2) is 24.3 Å². The van der Waals surface area contributed by atoms with Crippen molar-refractivity contribution in [3.63, 3.8) is 0 Å². The number of benzene rings is 1. The molecule has 98 valence electrons. The van der Waals surface area contributed by atoms with Gasteiger partial charge in [0.15, 0.2) is 0 Å². The smallest absolute Gasteiger partial charge is 0.0954 e. The SMILES string of the molecule is CCNC(Cc1nc2ccccc2s1)CN(C)C. The molecule has 0 radical (unpaired) electrons. The zero-order valence-corrected chi connectivity index (χ0v) is 12.1. The van der Waals surface area contributed by atoms with E-state index < -0.39 is 0 Å². The number of para-hydroxylation sites is 1. The summed E-state index contributed by atoms with van der Waals surface area (Å²) in [6.45, 7) is 4.20. The molecular weight excluding hydrogens is 242 g/mol. The molecule has 2 aromatic rings. The van der Waals surface area contributed by atoms with Crippen molar-refractivity contribution in [3.8, 4) is 0 Å². The second-order valence-electron chi connectivity index (χ2n) is 4.80. The van der Waals surface area contributed by atoms with Crippen LogP contribution in [-0.2, 0) is 6.42 Å². The normalized spacial score (nSPS) is 13.3. The third-order valence-corrected chi connectivity index (χ3v) is 3.90. The Kier molecular flexibility index (Phi) is 4.69. The first kappa shape index (κ1) is 13.5. The van der Waals surface area contributed by atoms with E-state index in [9.17, 15) is 0 Å². The van der Waals surface area contributed by atoms with Crippen molar-refractivity contribution in [2.75, 3.05) is 27.2 Å². The minimum Gasteiger partial charge on any atom is -0.313 e. The highest BCUT2D eigenvalue weighted by molar-refractivity contribution is 7.18. The van der Waals surface area contributed by atoms with Crippen LogP contribution in [-0.4, -0.2) is 43.1 Å². The molecule has 0 fully saturated rings. The molecule has 0 aliphatic rings. The predicted molar refractivity (Wildman–Crippen MR) is 79.3 cm³/mol. The van der Waals surface area contributed by atoms with E-state index in [0.29, 0.717) is 6.04 Å². The van der Waals surface area contributed by atoms with Crippen LogP contribution in [0.5, 0.6) is 0 Å². The van der Waals surface area contributed by atoms with Crippen molar-refractivity contribution in [1.82, 2.24) is 15.2 Å². The number of likely N-dealkylation sites (N-methyl/N-ethyl adjacent to an activating group) is 2. The minimum absolute atomic E-state index is 0.477.